The van der Waals surface area contributed by atoms with Crippen LogP contribution >= 0.6 is 0 Å². The first-order valence-electron chi connectivity index (χ1n) is 20.5. The van der Waals surface area contributed by atoms with Crippen LogP contribution in [0, 0.1) is 5.92 Å². The molecule has 3 unspecified atom stereocenters. The minimum Gasteiger partial charge on any atom is -0.353 e. The van der Waals surface area contributed by atoms with Crippen molar-refractivity contribution in [3.05, 3.63) is 24.3 Å². The average Bonchev–Trinajstić information content (AvgIpc) is 3.59. The van der Waals surface area contributed by atoms with E-state index in [4.69, 9.17) is 0 Å². The normalized spacial score (nSPS) is 15.3. The molecule has 0 saturated carbocycles. The average molecular weight is 643 g/mol. The third-order valence-electron chi connectivity index (χ3n) is 10.2. The molecule has 0 radical (unpaired) electrons. The molecule has 0 saturated heterocycles. The summed E-state index contributed by atoms with van der Waals surface area (Å²) in [6.45, 7) is 11.2. The van der Waals surface area contributed by atoms with Gasteiger partial charge in [-0.1, -0.05) is 141 Å². The SMILES string of the molecule is CCCCCCCC/C=C\CCCCCCCC(=O)NC(C)C(C)C(CCCCCC/C=C\CCCCCCCC)[N+]1=CNCC1. The lowest BCUT2D eigenvalue weighted by atomic mass is 9.89. The number of hydrogen-bond donors (Lipinski definition) is 2. The summed E-state index contributed by atoms with van der Waals surface area (Å²) in [6.07, 6.45) is 46.5. The van der Waals surface area contributed by atoms with Crippen molar-refractivity contribution in [2.24, 2.45) is 5.92 Å². The topological polar surface area (TPSA) is 44.1 Å². The molecule has 46 heavy (non-hydrogen) atoms. The van der Waals surface area contributed by atoms with Crippen LogP contribution in [-0.2, 0) is 4.79 Å². The van der Waals surface area contributed by atoms with Crippen molar-refractivity contribution in [2.45, 2.75) is 213 Å². The van der Waals surface area contributed by atoms with Gasteiger partial charge in [-0.3, -0.25) is 14.7 Å². The van der Waals surface area contributed by atoms with E-state index in [1.807, 2.05) is 0 Å². The quantitative estimate of drug-likeness (QED) is 0.0425. The Labute approximate surface area is 288 Å². The van der Waals surface area contributed by atoms with Crippen molar-refractivity contribution in [3.8, 4) is 0 Å². The minimum atomic E-state index is 0.200. The van der Waals surface area contributed by atoms with Gasteiger partial charge in [-0.05, 0) is 77.6 Å². The van der Waals surface area contributed by atoms with Crippen LogP contribution in [0.4, 0.5) is 0 Å². The standard InChI is InChI=1S/C42H79N3O/c1-5-7-9-11-13-15-17-19-21-23-25-27-29-31-33-35-42(46)44-40(4)39(3)41(45-37-36-43-38-45)34-32-30-28-26-24-22-20-18-16-14-12-10-8-6-2/h19-22,38-41H,5-18,23-37H2,1-4H3,(H,44,46)/p+1/b21-19-,22-20-. The highest BCUT2D eigenvalue weighted by molar-refractivity contribution is 5.76. The molecule has 3 atom stereocenters. The van der Waals surface area contributed by atoms with Gasteiger partial charge in [-0.2, -0.15) is 0 Å². The predicted molar refractivity (Wildman–Crippen MR) is 204 cm³/mol. The minimum absolute atomic E-state index is 0.200. The number of allylic oxidation sites excluding steroid dienone is 4. The maximum Gasteiger partial charge on any atom is 0.232 e. The lowest BCUT2D eigenvalue weighted by molar-refractivity contribution is -0.563. The van der Waals surface area contributed by atoms with Gasteiger partial charge in [-0.25, -0.2) is 0 Å². The number of carbonyl (C=O) groups is 1. The Hall–Kier alpha value is -1.58. The fourth-order valence-electron chi connectivity index (χ4n) is 6.83. The van der Waals surface area contributed by atoms with E-state index in [2.05, 4.69) is 73.5 Å². The zero-order valence-corrected chi connectivity index (χ0v) is 31.5. The van der Waals surface area contributed by atoms with Crippen LogP contribution in [0.3, 0.4) is 0 Å². The smallest absolute Gasteiger partial charge is 0.232 e. The second-order valence-corrected chi connectivity index (χ2v) is 14.5. The Bertz CT molecular complexity index is 773. The van der Waals surface area contributed by atoms with Crippen LogP contribution in [0.25, 0.3) is 0 Å². The van der Waals surface area contributed by atoms with Gasteiger partial charge in [0.2, 0.25) is 12.2 Å². The van der Waals surface area contributed by atoms with Crippen LogP contribution in [-0.4, -0.2) is 42.0 Å². The molecule has 0 aromatic carbocycles. The molecule has 0 aromatic rings. The van der Waals surface area contributed by atoms with Crippen molar-refractivity contribution in [1.82, 2.24) is 10.6 Å². The molecular weight excluding hydrogens is 562 g/mol. The summed E-state index contributed by atoms with van der Waals surface area (Å²) in [5.74, 6) is 0.669. The molecule has 1 heterocycles. The molecule has 1 rings (SSSR count). The Morgan fingerprint density at radius 3 is 1.54 bits per heavy atom. The van der Waals surface area contributed by atoms with Gasteiger partial charge >= 0.3 is 0 Å². The molecule has 2 N–H and O–H groups in total. The van der Waals surface area contributed by atoms with E-state index in [-0.39, 0.29) is 11.9 Å². The van der Waals surface area contributed by atoms with Gasteiger partial charge in [0.05, 0.1) is 0 Å². The van der Waals surface area contributed by atoms with Crippen LogP contribution in [0.1, 0.15) is 201 Å². The lowest BCUT2D eigenvalue weighted by Gasteiger charge is -2.29. The zero-order valence-electron chi connectivity index (χ0n) is 31.5. The monoisotopic (exact) mass is 643 g/mol. The maximum absolute atomic E-state index is 12.8. The van der Waals surface area contributed by atoms with Crippen molar-refractivity contribution >= 4 is 12.2 Å². The van der Waals surface area contributed by atoms with E-state index in [0.717, 1.165) is 19.5 Å². The maximum atomic E-state index is 12.8. The highest BCUT2D eigenvalue weighted by Crippen LogP contribution is 2.20. The number of rotatable bonds is 33. The van der Waals surface area contributed by atoms with E-state index < -0.39 is 0 Å². The Kier molecular flexibility index (Phi) is 29.5. The number of nitrogens with one attached hydrogen (secondary N) is 2. The number of amides is 1. The first-order valence-corrected chi connectivity index (χ1v) is 20.5. The van der Waals surface area contributed by atoms with E-state index in [9.17, 15) is 4.79 Å². The zero-order chi connectivity index (χ0) is 33.3. The number of carbonyl (C=O) groups excluding carboxylic acids is 1. The van der Waals surface area contributed by atoms with Gasteiger partial charge < -0.3 is 5.32 Å². The second kappa shape index (κ2) is 32.0. The Morgan fingerprint density at radius 1 is 0.652 bits per heavy atom. The second-order valence-electron chi connectivity index (χ2n) is 14.5. The molecule has 1 amide bonds. The summed E-state index contributed by atoms with van der Waals surface area (Å²) in [6, 6.07) is 0.689. The van der Waals surface area contributed by atoms with E-state index >= 15 is 0 Å². The Morgan fingerprint density at radius 2 is 1.09 bits per heavy atom. The van der Waals surface area contributed by atoms with Gasteiger partial charge in [0.25, 0.3) is 0 Å². The first kappa shape index (κ1) is 42.4. The number of hydrogen-bond acceptors (Lipinski definition) is 2. The van der Waals surface area contributed by atoms with E-state index in [1.54, 1.807) is 0 Å². The highest BCUT2D eigenvalue weighted by Gasteiger charge is 2.30. The highest BCUT2D eigenvalue weighted by atomic mass is 16.1. The molecule has 0 aliphatic carbocycles. The molecule has 0 spiro atoms. The number of unbranched alkanes of at least 4 members (excludes halogenated alkanes) is 21. The number of nitrogens with zero attached hydrogens (tertiary/aromatic N) is 1. The van der Waals surface area contributed by atoms with Crippen LogP contribution in [0.2, 0.25) is 0 Å². The summed E-state index contributed by atoms with van der Waals surface area (Å²) < 4.78 is 2.50. The third kappa shape index (κ3) is 24.6. The molecule has 0 aromatic heterocycles. The van der Waals surface area contributed by atoms with Crippen molar-refractivity contribution in [2.75, 3.05) is 13.1 Å². The van der Waals surface area contributed by atoms with Gasteiger partial charge in [0, 0.05) is 18.4 Å². The largest absolute Gasteiger partial charge is 0.353 e. The molecule has 268 valence electrons. The molecular formula is C42H80N3O+. The lowest BCUT2D eigenvalue weighted by Crippen LogP contribution is -2.45. The molecule has 0 bridgehead atoms. The summed E-state index contributed by atoms with van der Waals surface area (Å²) in [5, 5.41) is 6.78. The fraction of sp³-hybridized carbons (Fsp3) is 0.857. The summed E-state index contributed by atoms with van der Waals surface area (Å²) in [4.78, 5) is 12.8. The van der Waals surface area contributed by atoms with Crippen LogP contribution < -0.4 is 10.6 Å². The van der Waals surface area contributed by atoms with Crippen molar-refractivity contribution < 1.29 is 9.37 Å². The van der Waals surface area contributed by atoms with Crippen molar-refractivity contribution in [1.29, 1.82) is 0 Å². The predicted octanol–water partition coefficient (Wildman–Crippen LogP) is 11.8. The first-order chi connectivity index (χ1) is 22.6. The van der Waals surface area contributed by atoms with E-state index in [1.165, 1.54) is 161 Å². The van der Waals surface area contributed by atoms with Gasteiger partial charge in [-0.15, -0.1) is 0 Å². The van der Waals surface area contributed by atoms with E-state index in [0.29, 0.717) is 18.4 Å². The molecule has 4 nitrogen and oxygen atoms in total. The van der Waals surface area contributed by atoms with Gasteiger partial charge in [0.15, 0.2) is 0 Å². The molecule has 4 heteroatoms. The van der Waals surface area contributed by atoms with Crippen molar-refractivity contribution in [3.63, 3.8) is 0 Å². The summed E-state index contributed by atoms with van der Waals surface area (Å²) in [7, 11) is 0. The summed E-state index contributed by atoms with van der Waals surface area (Å²) in [5.41, 5.74) is 0. The van der Waals surface area contributed by atoms with Crippen LogP contribution in [0.5, 0.6) is 0 Å². The Balaban J connectivity index is 2.14. The third-order valence-corrected chi connectivity index (χ3v) is 10.2. The molecule has 0 fully saturated rings. The fourth-order valence-corrected chi connectivity index (χ4v) is 6.83. The molecule has 1 aliphatic rings. The molecule has 1 aliphatic heterocycles. The van der Waals surface area contributed by atoms with Crippen LogP contribution in [0.15, 0.2) is 24.3 Å². The summed E-state index contributed by atoms with van der Waals surface area (Å²) >= 11 is 0. The van der Waals surface area contributed by atoms with Gasteiger partial charge in [0.1, 0.15) is 19.1 Å².